The molecule has 7 heteroatoms. The Morgan fingerprint density at radius 2 is 2.14 bits per heavy atom. The summed E-state index contributed by atoms with van der Waals surface area (Å²) in [4.78, 5) is 21.3. The number of amides is 1. The van der Waals surface area contributed by atoms with E-state index in [1.807, 2.05) is 25.8 Å². The van der Waals surface area contributed by atoms with Crippen LogP contribution in [0.15, 0.2) is 0 Å². The summed E-state index contributed by atoms with van der Waals surface area (Å²) in [6, 6.07) is 0.00539. The number of hydrogen-bond donors (Lipinski definition) is 1. The number of nitrogen functional groups attached to an aromatic ring is 1. The molecule has 120 valence electrons. The predicted molar refractivity (Wildman–Crippen MR) is 88.1 cm³/mol. The summed E-state index contributed by atoms with van der Waals surface area (Å²) in [7, 11) is 3.59. The maximum atomic E-state index is 12.6. The van der Waals surface area contributed by atoms with Crippen LogP contribution >= 0.6 is 11.3 Å². The molecule has 1 rings (SSSR count). The Kier molecular flexibility index (Phi) is 6.91. The fraction of sp³-hybridized carbons (Fsp3) is 0.714. The second-order valence-corrected chi connectivity index (χ2v) is 6.01. The quantitative estimate of drug-likeness (QED) is 0.795. The molecule has 0 aliphatic carbocycles. The first-order chi connectivity index (χ1) is 9.96. The van der Waals surface area contributed by atoms with Crippen molar-refractivity contribution >= 4 is 28.2 Å². The van der Waals surface area contributed by atoms with Gasteiger partial charge in [-0.3, -0.25) is 4.79 Å². The molecule has 0 spiro atoms. The summed E-state index contributed by atoms with van der Waals surface area (Å²) in [6.45, 7) is 8.02. The third-order valence-electron chi connectivity index (χ3n) is 3.26. The van der Waals surface area contributed by atoms with E-state index in [0.29, 0.717) is 23.8 Å². The molecule has 1 unspecified atom stereocenters. The van der Waals surface area contributed by atoms with Crippen molar-refractivity contribution in [2.24, 2.45) is 0 Å². The van der Waals surface area contributed by atoms with Gasteiger partial charge in [0.15, 0.2) is 5.13 Å². The van der Waals surface area contributed by atoms with E-state index in [4.69, 9.17) is 10.5 Å². The number of methoxy groups -OCH3 is 1. The highest BCUT2D eigenvalue weighted by atomic mass is 32.1. The zero-order valence-electron chi connectivity index (χ0n) is 13.5. The molecule has 0 aliphatic heterocycles. The predicted octanol–water partition coefficient (Wildman–Crippen LogP) is 2.07. The van der Waals surface area contributed by atoms with Crippen molar-refractivity contribution in [3.8, 4) is 0 Å². The number of carbonyl (C=O) groups is 1. The SMILES string of the molecule is CCCN(C)c1nc(N)c(C(=O)N(CC)C(C)COC)s1. The molecule has 0 aromatic carbocycles. The first kappa shape index (κ1) is 17.7. The number of rotatable bonds is 8. The lowest BCUT2D eigenvalue weighted by atomic mass is 10.2. The third kappa shape index (κ3) is 4.31. The maximum absolute atomic E-state index is 12.6. The van der Waals surface area contributed by atoms with E-state index in [0.717, 1.165) is 18.1 Å². The molecule has 0 saturated heterocycles. The van der Waals surface area contributed by atoms with Crippen molar-refractivity contribution in [3.63, 3.8) is 0 Å². The molecule has 1 aromatic heterocycles. The number of nitrogens with two attached hydrogens (primary N) is 1. The highest BCUT2D eigenvalue weighted by Crippen LogP contribution is 2.29. The van der Waals surface area contributed by atoms with Crippen LogP contribution in [0.25, 0.3) is 0 Å². The molecule has 0 radical (unpaired) electrons. The third-order valence-corrected chi connectivity index (χ3v) is 4.44. The first-order valence-electron chi connectivity index (χ1n) is 7.23. The number of anilines is 2. The Morgan fingerprint density at radius 1 is 1.48 bits per heavy atom. The number of hydrogen-bond acceptors (Lipinski definition) is 6. The normalized spacial score (nSPS) is 12.2. The lowest BCUT2D eigenvalue weighted by Crippen LogP contribution is -2.40. The van der Waals surface area contributed by atoms with Gasteiger partial charge in [0.25, 0.3) is 5.91 Å². The van der Waals surface area contributed by atoms with E-state index < -0.39 is 0 Å². The van der Waals surface area contributed by atoms with Gasteiger partial charge in [0.2, 0.25) is 0 Å². The van der Waals surface area contributed by atoms with E-state index in [1.165, 1.54) is 11.3 Å². The summed E-state index contributed by atoms with van der Waals surface area (Å²) >= 11 is 1.35. The van der Waals surface area contributed by atoms with Gasteiger partial charge in [0.1, 0.15) is 10.7 Å². The largest absolute Gasteiger partial charge is 0.383 e. The molecule has 0 saturated carbocycles. The lowest BCUT2D eigenvalue weighted by molar-refractivity contribution is 0.0584. The van der Waals surface area contributed by atoms with Crippen LogP contribution in [-0.2, 0) is 4.74 Å². The van der Waals surface area contributed by atoms with Crippen LogP contribution in [-0.4, -0.2) is 55.7 Å². The van der Waals surface area contributed by atoms with Crippen LogP contribution in [0.4, 0.5) is 10.9 Å². The molecule has 2 N–H and O–H groups in total. The number of carbonyl (C=O) groups excluding carboxylic acids is 1. The Hall–Kier alpha value is -1.34. The van der Waals surface area contributed by atoms with Gasteiger partial charge >= 0.3 is 0 Å². The average molecular weight is 314 g/mol. The van der Waals surface area contributed by atoms with Gasteiger partial charge in [-0.25, -0.2) is 4.98 Å². The highest BCUT2D eigenvalue weighted by molar-refractivity contribution is 7.18. The molecule has 21 heavy (non-hydrogen) atoms. The maximum Gasteiger partial charge on any atom is 0.268 e. The molecule has 1 atom stereocenters. The van der Waals surface area contributed by atoms with Crippen LogP contribution in [0.2, 0.25) is 0 Å². The molecular weight excluding hydrogens is 288 g/mol. The Labute approximate surface area is 130 Å². The minimum atomic E-state index is -0.0757. The van der Waals surface area contributed by atoms with Gasteiger partial charge in [0, 0.05) is 27.2 Å². The Bertz CT molecular complexity index is 464. The second-order valence-electron chi connectivity index (χ2n) is 5.03. The van der Waals surface area contributed by atoms with E-state index in [1.54, 1.807) is 12.0 Å². The average Bonchev–Trinajstić information content (AvgIpc) is 2.82. The number of aromatic nitrogens is 1. The van der Waals surface area contributed by atoms with E-state index >= 15 is 0 Å². The molecular formula is C14H26N4O2S. The molecule has 0 bridgehead atoms. The first-order valence-corrected chi connectivity index (χ1v) is 8.05. The lowest BCUT2D eigenvalue weighted by Gasteiger charge is -2.27. The number of nitrogens with zero attached hydrogens (tertiary/aromatic N) is 3. The Balaban J connectivity index is 2.95. The fourth-order valence-corrected chi connectivity index (χ4v) is 3.11. The molecule has 1 heterocycles. The number of ether oxygens (including phenoxy) is 1. The summed E-state index contributed by atoms with van der Waals surface area (Å²) in [5.41, 5.74) is 5.94. The number of likely N-dealkylation sites (N-methyl/N-ethyl adjacent to an activating group) is 1. The molecule has 0 aliphatic rings. The molecule has 1 amide bonds. The van der Waals surface area contributed by atoms with Crippen LogP contribution in [0.1, 0.15) is 36.9 Å². The van der Waals surface area contributed by atoms with Crippen molar-refractivity contribution in [3.05, 3.63) is 4.88 Å². The number of thiazole rings is 1. The van der Waals surface area contributed by atoms with Crippen molar-refractivity contribution in [2.45, 2.75) is 33.2 Å². The van der Waals surface area contributed by atoms with Crippen molar-refractivity contribution in [2.75, 3.05) is 44.5 Å². The van der Waals surface area contributed by atoms with Gasteiger partial charge in [-0.15, -0.1) is 0 Å². The van der Waals surface area contributed by atoms with E-state index in [-0.39, 0.29) is 11.9 Å². The zero-order valence-corrected chi connectivity index (χ0v) is 14.4. The van der Waals surface area contributed by atoms with Gasteiger partial charge in [-0.2, -0.15) is 0 Å². The minimum absolute atomic E-state index is 0.00539. The van der Waals surface area contributed by atoms with Crippen LogP contribution in [0.5, 0.6) is 0 Å². The van der Waals surface area contributed by atoms with Gasteiger partial charge < -0.3 is 20.3 Å². The second kappa shape index (κ2) is 8.19. The fourth-order valence-electron chi connectivity index (χ4n) is 2.18. The molecule has 0 fully saturated rings. The summed E-state index contributed by atoms with van der Waals surface area (Å²) < 4.78 is 5.13. The van der Waals surface area contributed by atoms with Gasteiger partial charge in [0.05, 0.1) is 12.6 Å². The van der Waals surface area contributed by atoms with Gasteiger partial charge in [-0.1, -0.05) is 18.3 Å². The Morgan fingerprint density at radius 3 is 2.67 bits per heavy atom. The van der Waals surface area contributed by atoms with Crippen molar-refractivity contribution < 1.29 is 9.53 Å². The van der Waals surface area contributed by atoms with Crippen LogP contribution in [0.3, 0.4) is 0 Å². The molecule has 6 nitrogen and oxygen atoms in total. The van der Waals surface area contributed by atoms with Crippen LogP contribution in [0, 0.1) is 0 Å². The van der Waals surface area contributed by atoms with Crippen molar-refractivity contribution in [1.29, 1.82) is 0 Å². The smallest absolute Gasteiger partial charge is 0.268 e. The molecule has 1 aromatic rings. The standard InChI is InChI=1S/C14H26N4O2S/c1-6-8-17(4)14-16-12(15)11(21-14)13(19)18(7-2)10(3)9-20-5/h10H,6-9,15H2,1-5H3. The van der Waals surface area contributed by atoms with Crippen LogP contribution < -0.4 is 10.6 Å². The minimum Gasteiger partial charge on any atom is -0.383 e. The summed E-state index contributed by atoms with van der Waals surface area (Å²) in [6.07, 6.45) is 1.02. The van der Waals surface area contributed by atoms with Gasteiger partial charge in [-0.05, 0) is 20.3 Å². The summed E-state index contributed by atoms with van der Waals surface area (Å²) in [5, 5.41) is 0.785. The zero-order chi connectivity index (χ0) is 16.0. The monoisotopic (exact) mass is 314 g/mol. The topological polar surface area (TPSA) is 71.7 Å². The van der Waals surface area contributed by atoms with Crippen molar-refractivity contribution in [1.82, 2.24) is 9.88 Å². The van der Waals surface area contributed by atoms with E-state index in [9.17, 15) is 4.79 Å². The summed E-state index contributed by atoms with van der Waals surface area (Å²) in [5.74, 6) is 0.235. The van der Waals surface area contributed by atoms with E-state index in [2.05, 4.69) is 11.9 Å². The highest BCUT2D eigenvalue weighted by Gasteiger charge is 2.25.